The number of nitrogens with two attached hydrogens (primary N) is 1. The minimum atomic E-state index is 0.436. The van der Waals surface area contributed by atoms with E-state index in [0.717, 1.165) is 12.1 Å². The van der Waals surface area contributed by atoms with E-state index in [0.29, 0.717) is 28.8 Å². The lowest BCUT2D eigenvalue weighted by atomic mass is 9.96. The number of pyridine rings is 1. The van der Waals surface area contributed by atoms with Crippen LogP contribution >= 0.6 is 23.2 Å². The van der Waals surface area contributed by atoms with Gasteiger partial charge in [0.1, 0.15) is 5.15 Å². The second-order valence-corrected chi connectivity index (χ2v) is 5.73. The summed E-state index contributed by atoms with van der Waals surface area (Å²) in [5.74, 6) is 0. The summed E-state index contributed by atoms with van der Waals surface area (Å²) < 4.78 is 0. The number of rotatable bonds is 3. The maximum absolute atomic E-state index is 6.21. The van der Waals surface area contributed by atoms with Gasteiger partial charge in [-0.2, -0.15) is 0 Å². The highest BCUT2D eigenvalue weighted by Crippen LogP contribution is 2.27. The van der Waals surface area contributed by atoms with Gasteiger partial charge in [-0.1, -0.05) is 29.6 Å². The molecule has 2 N–H and O–H groups in total. The summed E-state index contributed by atoms with van der Waals surface area (Å²) in [6.45, 7) is 3.74. The molecule has 0 radical (unpaired) electrons. The molecule has 2 unspecified atom stereocenters. The quantitative estimate of drug-likeness (QED) is 0.869. The molecule has 3 nitrogen and oxygen atoms in total. The Kier molecular flexibility index (Phi) is 4.84. The van der Waals surface area contributed by atoms with Crippen molar-refractivity contribution in [2.24, 2.45) is 5.73 Å². The first-order chi connectivity index (χ1) is 8.61. The molecule has 18 heavy (non-hydrogen) atoms. The van der Waals surface area contributed by atoms with E-state index in [9.17, 15) is 0 Å². The van der Waals surface area contributed by atoms with E-state index >= 15 is 0 Å². The summed E-state index contributed by atoms with van der Waals surface area (Å²) >= 11 is 12.0. The van der Waals surface area contributed by atoms with Crippen molar-refractivity contribution in [2.75, 3.05) is 6.54 Å². The van der Waals surface area contributed by atoms with Gasteiger partial charge in [-0.05, 0) is 25.8 Å². The van der Waals surface area contributed by atoms with E-state index in [1.807, 2.05) is 0 Å². The monoisotopic (exact) mass is 287 g/mol. The van der Waals surface area contributed by atoms with Gasteiger partial charge in [0.05, 0.1) is 0 Å². The Balaban J connectivity index is 2.15. The van der Waals surface area contributed by atoms with Crippen molar-refractivity contribution in [2.45, 2.75) is 44.8 Å². The van der Waals surface area contributed by atoms with Crippen molar-refractivity contribution < 1.29 is 0 Å². The Morgan fingerprint density at radius 3 is 2.89 bits per heavy atom. The number of nitrogens with zero attached hydrogens (tertiary/aromatic N) is 2. The first-order valence-corrected chi connectivity index (χ1v) is 7.13. The van der Waals surface area contributed by atoms with Crippen LogP contribution < -0.4 is 5.73 Å². The van der Waals surface area contributed by atoms with Crippen molar-refractivity contribution >= 4 is 23.2 Å². The fourth-order valence-electron chi connectivity index (χ4n) is 2.63. The molecule has 2 atom stereocenters. The normalized spacial score (nSPS) is 25.3. The van der Waals surface area contributed by atoms with Gasteiger partial charge >= 0.3 is 0 Å². The topological polar surface area (TPSA) is 42.1 Å². The van der Waals surface area contributed by atoms with Crippen LogP contribution in [-0.2, 0) is 6.54 Å². The summed E-state index contributed by atoms with van der Waals surface area (Å²) in [7, 11) is 0. The molecular weight excluding hydrogens is 269 g/mol. The van der Waals surface area contributed by atoms with Gasteiger partial charge in [-0.15, -0.1) is 0 Å². The van der Waals surface area contributed by atoms with Crippen molar-refractivity contribution in [3.8, 4) is 0 Å². The molecule has 100 valence electrons. The zero-order valence-corrected chi connectivity index (χ0v) is 12.1. The van der Waals surface area contributed by atoms with E-state index in [1.165, 1.54) is 19.3 Å². The molecule has 0 aliphatic carbocycles. The van der Waals surface area contributed by atoms with Crippen LogP contribution in [0.2, 0.25) is 10.2 Å². The van der Waals surface area contributed by atoms with Crippen molar-refractivity contribution in [1.29, 1.82) is 0 Å². The van der Waals surface area contributed by atoms with E-state index in [2.05, 4.69) is 16.8 Å². The lowest BCUT2D eigenvalue weighted by Crippen LogP contribution is -2.48. The minimum Gasteiger partial charge on any atom is -0.329 e. The number of piperidine rings is 1. The zero-order chi connectivity index (χ0) is 13.1. The van der Waals surface area contributed by atoms with Crippen LogP contribution in [0.25, 0.3) is 0 Å². The maximum atomic E-state index is 6.21. The SMILES string of the molecule is CC1CCCC(CN)N1Cc1cnc(Cl)cc1Cl. The first-order valence-electron chi connectivity index (χ1n) is 6.37. The Morgan fingerprint density at radius 2 is 2.22 bits per heavy atom. The van der Waals surface area contributed by atoms with E-state index in [1.54, 1.807) is 12.3 Å². The Morgan fingerprint density at radius 1 is 1.44 bits per heavy atom. The molecule has 0 saturated carbocycles. The second kappa shape index (κ2) is 6.20. The third-order valence-electron chi connectivity index (χ3n) is 3.72. The first kappa shape index (κ1) is 14.1. The molecule has 2 heterocycles. The predicted molar refractivity (Wildman–Crippen MR) is 76.0 cm³/mol. The Hall–Kier alpha value is -0.350. The van der Waals surface area contributed by atoms with Crippen LogP contribution in [0.4, 0.5) is 0 Å². The Labute approximate surface area is 118 Å². The van der Waals surface area contributed by atoms with Crippen molar-refractivity contribution in [3.63, 3.8) is 0 Å². The lowest BCUT2D eigenvalue weighted by molar-refractivity contribution is 0.0891. The lowest BCUT2D eigenvalue weighted by Gasteiger charge is -2.40. The van der Waals surface area contributed by atoms with Crippen LogP contribution in [0, 0.1) is 0 Å². The largest absolute Gasteiger partial charge is 0.329 e. The third kappa shape index (κ3) is 3.15. The number of hydrogen-bond acceptors (Lipinski definition) is 3. The van der Waals surface area contributed by atoms with Gasteiger partial charge in [0, 0.05) is 42.0 Å². The molecule has 0 spiro atoms. The fraction of sp³-hybridized carbons (Fsp3) is 0.615. The molecule has 2 rings (SSSR count). The van der Waals surface area contributed by atoms with Gasteiger partial charge in [0.15, 0.2) is 0 Å². The zero-order valence-electron chi connectivity index (χ0n) is 10.6. The number of likely N-dealkylation sites (tertiary alicyclic amines) is 1. The second-order valence-electron chi connectivity index (χ2n) is 4.94. The van der Waals surface area contributed by atoms with Gasteiger partial charge in [-0.25, -0.2) is 4.98 Å². The van der Waals surface area contributed by atoms with E-state index < -0.39 is 0 Å². The van der Waals surface area contributed by atoms with E-state index in [-0.39, 0.29) is 0 Å². The highest BCUT2D eigenvalue weighted by Gasteiger charge is 2.27. The van der Waals surface area contributed by atoms with E-state index in [4.69, 9.17) is 28.9 Å². The molecule has 1 saturated heterocycles. The standard InChI is InChI=1S/C13H19Cl2N3/c1-9-3-2-4-11(6-16)18(9)8-10-7-17-13(15)5-12(10)14/h5,7,9,11H,2-4,6,8,16H2,1H3. The average Bonchev–Trinajstić information content (AvgIpc) is 2.34. The van der Waals surface area contributed by atoms with Crippen molar-refractivity contribution in [1.82, 2.24) is 9.88 Å². The van der Waals surface area contributed by atoms with Crippen molar-refractivity contribution in [3.05, 3.63) is 28.0 Å². The van der Waals surface area contributed by atoms with Gasteiger partial charge < -0.3 is 5.73 Å². The number of hydrogen-bond donors (Lipinski definition) is 1. The molecule has 0 amide bonds. The molecular formula is C13H19Cl2N3. The van der Waals surface area contributed by atoms with Crippen LogP contribution in [-0.4, -0.2) is 28.5 Å². The van der Waals surface area contributed by atoms with Crippen LogP contribution in [0.5, 0.6) is 0 Å². The fourth-order valence-corrected chi connectivity index (χ4v) is 3.05. The molecule has 1 aromatic heterocycles. The maximum Gasteiger partial charge on any atom is 0.130 e. The van der Waals surface area contributed by atoms with Crippen LogP contribution in [0.15, 0.2) is 12.3 Å². The molecule has 1 aromatic rings. The minimum absolute atomic E-state index is 0.436. The summed E-state index contributed by atoms with van der Waals surface area (Å²) in [6.07, 6.45) is 5.40. The molecule has 1 aliphatic rings. The van der Waals surface area contributed by atoms with Crippen LogP contribution in [0.1, 0.15) is 31.7 Å². The molecule has 0 bridgehead atoms. The highest BCUT2D eigenvalue weighted by molar-refractivity contribution is 6.34. The molecule has 5 heteroatoms. The summed E-state index contributed by atoms with van der Waals surface area (Å²) in [4.78, 5) is 6.54. The number of halogens is 2. The third-order valence-corrected chi connectivity index (χ3v) is 4.27. The van der Waals surface area contributed by atoms with Gasteiger partial charge in [0.2, 0.25) is 0 Å². The van der Waals surface area contributed by atoms with Gasteiger partial charge in [-0.3, -0.25) is 4.90 Å². The average molecular weight is 288 g/mol. The predicted octanol–water partition coefficient (Wildman–Crippen LogP) is 3.09. The highest BCUT2D eigenvalue weighted by atomic mass is 35.5. The molecule has 0 aromatic carbocycles. The smallest absolute Gasteiger partial charge is 0.130 e. The summed E-state index contributed by atoms with van der Waals surface area (Å²) in [5, 5.41) is 1.12. The van der Waals surface area contributed by atoms with Crippen LogP contribution in [0.3, 0.4) is 0 Å². The van der Waals surface area contributed by atoms with Gasteiger partial charge in [0.25, 0.3) is 0 Å². The summed E-state index contributed by atoms with van der Waals surface area (Å²) in [6, 6.07) is 2.68. The molecule has 1 fully saturated rings. The summed E-state index contributed by atoms with van der Waals surface area (Å²) in [5.41, 5.74) is 6.88. The molecule has 1 aliphatic heterocycles. The Bertz CT molecular complexity index is 411. The number of aromatic nitrogens is 1.